The Balaban J connectivity index is 1.68. The maximum Gasteiger partial charge on any atom is 0.480 e. The minimum atomic E-state index is -0.802. The van der Waals surface area contributed by atoms with E-state index in [2.05, 4.69) is 34.4 Å². The Labute approximate surface area is 214 Å². The van der Waals surface area contributed by atoms with Gasteiger partial charge in [0.05, 0.1) is 12.1 Å². The van der Waals surface area contributed by atoms with Crippen molar-refractivity contribution in [2.45, 2.75) is 57.9 Å². The summed E-state index contributed by atoms with van der Waals surface area (Å²) in [7, 11) is -0.532. The molecule has 1 aromatic heterocycles. The molecule has 36 heavy (non-hydrogen) atoms. The molecule has 1 saturated heterocycles. The topological polar surface area (TPSA) is 128 Å². The number of hydrogen-bond donors (Lipinski definition) is 3. The van der Waals surface area contributed by atoms with E-state index >= 15 is 0 Å². The lowest BCUT2D eigenvalue weighted by Crippen LogP contribution is -2.57. The number of rotatable bonds is 13. The van der Waals surface area contributed by atoms with Gasteiger partial charge in [0.15, 0.2) is 0 Å². The maximum absolute atomic E-state index is 13.5. The second-order valence-corrected chi connectivity index (χ2v) is 9.74. The third-order valence-electron chi connectivity index (χ3n) is 6.14. The third-order valence-corrected chi connectivity index (χ3v) is 6.14. The molecular weight excluding hydrogens is 457 g/mol. The maximum atomic E-state index is 13.5. The lowest BCUT2D eigenvalue weighted by molar-refractivity contribution is -0.123. The van der Waals surface area contributed by atoms with Crippen LogP contribution in [-0.4, -0.2) is 60.6 Å². The Morgan fingerprint density at radius 2 is 1.86 bits per heavy atom. The summed E-state index contributed by atoms with van der Waals surface area (Å²) in [6, 6.07) is 8.78. The number of amides is 2. The van der Waals surface area contributed by atoms with Crippen LogP contribution in [0.15, 0.2) is 48.9 Å². The van der Waals surface area contributed by atoms with Crippen molar-refractivity contribution in [2.24, 2.45) is 17.6 Å². The molecule has 2 amide bonds. The third kappa shape index (κ3) is 9.00. The van der Waals surface area contributed by atoms with Gasteiger partial charge in [-0.1, -0.05) is 50.6 Å². The van der Waals surface area contributed by atoms with Crippen molar-refractivity contribution in [1.82, 2.24) is 20.6 Å². The van der Waals surface area contributed by atoms with Crippen LogP contribution in [0.5, 0.6) is 0 Å². The Hall–Kier alpha value is -2.82. The van der Waals surface area contributed by atoms with Crippen molar-refractivity contribution < 1.29 is 18.9 Å². The number of hydrogen-bond acceptors (Lipinski definition) is 7. The number of nitrogens with one attached hydrogen (secondary N) is 2. The van der Waals surface area contributed by atoms with Gasteiger partial charge in [-0.15, -0.1) is 0 Å². The molecule has 0 aliphatic carbocycles. The average molecular weight is 495 g/mol. The molecule has 1 aliphatic heterocycles. The quantitative estimate of drug-likeness (QED) is 0.287. The van der Waals surface area contributed by atoms with Crippen LogP contribution in [-0.2, 0) is 20.5 Å². The summed E-state index contributed by atoms with van der Waals surface area (Å²) in [5.74, 6) is -0.440. The Bertz CT molecular complexity index is 926. The predicted octanol–water partition coefficient (Wildman–Crippen LogP) is 2.17. The van der Waals surface area contributed by atoms with E-state index in [1.165, 1.54) is 18.6 Å². The number of unbranched alkanes of at least 4 members (excludes halogenated alkanes) is 1. The molecule has 9 nitrogen and oxygen atoms in total. The van der Waals surface area contributed by atoms with Crippen LogP contribution in [0.2, 0.25) is 0 Å². The number of nitrogens with two attached hydrogens (primary N) is 1. The molecule has 2 heterocycles. The zero-order valence-electron chi connectivity index (χ0n) is 21.3. The first-order valence-corrected chi connectivity index (χ1v) is 12.8. The summed E-state index contributed by atoms with van der Waals surface area (Å²) in [6.07, 6.45) is 8.40. The highest BCUT2D eigenvalue weighted by Gasteiger charge is 2.37. The summed E-state index contributed by atoms with van der Waals surface area (Å²) in [6.45, 7) is 6.06. The van der Waals surface area contributed by atoms with Gasteiger partial charge in [-0.05, 0) is 37.3 Å². The number of benzene rings is 1. The van der Waals surface area contributed by atoms with Crippen LogP contribution < -0.4 is 16.4 Å². The first-order valence-electron chi connectivity index (χ1n) is 12.8. The van der Waals surface area contributed by atoms with E-state index in [9.17, 15) is 9.59 Å². The Morgan fingerprint density at radius 3 is 2.50 bits per heavy atom. The van der Waals surface area contributed by atoms with Crippen molar-refractivity contribution >= 4 is 18.9 Å². The molecule has 1 fully saturated rings. The minimum absolute atomic E-state index is 0.154. The molecule has 194 valence electrons. The van der Waals surface area contributed by atoms with Crippen molar-refractivity contribution in [1.29, 1.82) is 0 Å². The highest BCUT2D eigenvalue weighted by atomic mass is 16.6. The van der Waals surface area contributed by atoms with Gasteiger partial charge in [-0.3, -0.25) is 14.6 Å². The first-order chi connectivity index (χ1) is 17.5. The smallest absolute Gasteiger partial charge is 0.409 e. The molecule has 4 N–H and O–H groups in total. The van der Waals surface area contributed by atoms with Crippen LogP contribution in [0.4, 0.5) is 0 Å². The fourth-order valence-electron chi connectivity index (χ4n) is 4.27. The van der Waals surface area contributed by atoms with Crippen LogP contribution in [0.25, 0.3) is 0 Å². The van der Waals surface area contributed by atoms with Crippen LogP contribution in [0, 0.1) is 11.8 Å². The minimum Gasteiger partial charge on any atom is -0.409 e. The molecule has 2 unspecified atom stereocenters. The number of carbonyl (C=O) groups is 2. The molecule has 1 aromatic carbocycles. The number of nitrogens with zero attached hydrogens (tertiary/aromatic N) is 2. The second-order valence-electron chi connectivity index (χ2n) is 9.74. The van der Waals surface area contributed by atoms with Crippen molar-refractivity contribution in [3.05, 3.63) is 60.2 Å². The first kappa shape index (κ1) is 27.8. The molecule has 10 heteroatoms. The average Bonchev–Trinajstić information content (AvgIpc) is 2.89. The molecule has 2 aromatic rings. The van der Waals surface area contributed by atoms with E-state index < -0.39 is 19.1 Å². The van der Waals surface area contributed by atoms with Gasteiger partial charge in [-0.25, -0.2) is 4.98 Å². The van der Waals surface area contributed by atoms with Crippen LogP contribution in [0.3, 0.4) is 0 Å². The zero-order valence-corrected chi connectivity index (χ0v) is 21.3. The second kappa shape index (κ2) is 14.7. The molecule has 0 saturated carbocycles. The molecular formula is C26H38BN5O4. The fourth-order valence-corrected chi connectivity index (χ4v) is 4.27. The standard InChI is InChI=1S/C26H38BN5O4/c1-19(2)14-24(27-35-17-21(18-36-27)10-6-7-11-28)32-25(33)22(15-20-8-4-3-5-9-20)31-26(34)23-16-29-12-13-30-23/h3-5,8-9,12-13,16,19,21-22,24H,6-7,10-11,14-15,17-18,28H2,1-2H3,(H,31,34)(H,32,33). The lowest BCUT2D eigenvalue weighted by Gasteiger charge is -2.33. The summed E-state index contributed by atoms with van der Waals surface area (Å²) in [4.78, 5) is 34.3. The molecule has 0 bridgehead atoms. The van der Waals surface area contributed by atoms with E-state index in [0.717, 1.165) is 24.8 Å². The van der Waals surface area contributed by atoms with Gasteiger partial charge in [0.1, 0.15) is 11.7 Å². The van der Waals surface area contributed by atoms with E-state index in [0.29, 0.717) is 44.4 Å². The predicted molar refractivity (Wildman–Crippen MR) is 139 cm³/mol. The van der Waals surface area contributed by atoms with Crippen molar-refractivity contribution in [2.75, 3.05) is 19.8 Å². The van der Waals surface area contributed by atoms with Gasteiger partial charge in [0.2, 0.25) is 5.91 Å². The normalized spacial score (nSPS) is 15.9. The van der Waals surface area contributed by atoms with E-state index in [-0.39, 0.29) is 17.5 Å². The van der Waals surface area contributed by atoms with Gasteiger partial charge in [-0.2, -0.15) is 0 Å². The SMILES string of the molecule is CC(C)CC(NC(=O)C(Cc1ccccc1)NC(=O)c1cnccn1)B1OCC(CCCCN)CO1. The van der Waals surface area contributed by atoms with Gasteiger partial charge in [0.25, 0.3) is 5.91 Å². The highest BCUT2D eigenvalue weighted by Crippen LogP contribution is 2.19. The molecule has 0 spiro atoms. The van der Waals surface area contributed by atoms with Gasteiger partial charge in [0, 0.05) is 37.9 Å². The van der Waals surface area contributed by atoms with Crippen molar-refractivity contribution in [3.8, 4) is 0 Å². The van der Waals surface area contributed by atoms with E-state index in [1.807, 2.05) is 30.3 Å². The molecule has 0 radical (unpaired) electrons. The summed E-state index contributed by atoms with van der Waals surface area (Å²) >= 11 is 0. The van der Waals surface area contributed by atoms with E-state index in [4.69, 9.17) is 15.0 Å². The van der Waals surface area contributed by atoms with Crippen LogP contribution in [0.1, 0.15) is 55.6 Å². The summed E-state index contributed by atoms with van der Waals surface area (Å²) in [5.41, 5.74) is 6.69. The largest absolute Gasteiger partial charge is 0.480 e. The molecule has 3 rings (SSSR count). The Morgan fingerprint density at radius 1 is 1.11 bits per heavy atom. The molecule has 2 atom stereocenters. The zero-order chi connectivity index (χ0) is 25.8. The Kier molecular flexibility index (Phi) is 11.3. The lowest BCUT2D eigenvalue weighted by atomic mass is 9.72. The van der Waals surface area contributed by atoms with Crippen molar-refractivity contribution in [3.63, 3.8) is 0 Å². The van der Waals surface area contributed by atoms with Gasteiger partial charge >= 0.3 is 7.12 Å². The fraction of sp³-hybridized carbons (Fsp3) is 0.538. The summed E-state index contributed by atoms with van der Waals surface area (Å²) < 4.78 is 12.1. The monoisotopic (exact) mass is 495 g/mol. The van der Waals surface area contributed by atoms with E-state index in [1.54, 1.807) is 0 Å². The number of aromatic nitrogens is 2. The molecule has 1 aliphatic rings. The number of carbonyl (C=O) groups excluding carboxylic acids is 2. The summed E-state index contributed by atoms with van der Waals surface area (Å²) in [5, 5.41) is 5.94. The highest BCUT2D eigenvalue weighted by molar-refractivity contribution is 6.47. The van der Waals surface area contributed by atoms with Gasteiger partial charge < -0.3 is 25.7 Å². The van der Waals surface area contributed by atoms with Crippen LogP contribution >= 0.6 is 0 Å².